The van der Waals surface area contributed by atoms with Crippen LogP contribution in [0.3, 0.4) is 0 Å². The third-order valence-electron chi connectivity index (χ3n) is 3.25. The Kier molecular flexibility index (Phi) is 5.10. The van der Waals surface area contributed by atoms with Gasteiger partial charge in [0.15, 0.2) is 0 Å². The molecule has 1 nitrogen and oxygen atoms in total. The molecule has 0 aliphatic carbocycles. The summed E-state index contributed by atoms with van der Waals surface area (Å²) in [6.45, 7) is 0. The molecule has 0 bridgehead atoms. The van der Waals surface area contributed by atoms with E-state index >= 15 is 0 Å². The van der Waals surface area contributed by atoms with Crippen molar-refractivity contribution in [2.45, 2.75) is 18.9 Å². The monoisotopic (exact) mass is 295 g/mol. The normalized spacial score (nSPS) is 12.4. The fraction of sp³-hybridized carbons (Fsp3) is 0.250. The lowest BCUT2D eigenvalue weighted by atomic mass is 9.99. The standard InChI is InChI=1S/C16H16ClF2N/c1-20-15(8-11-3-2-4-14(18)7-11)10-12-9-13(17)5-6-16(12)19/h2-7,9,15,20H,8,10H2,1H3. The Morgan fingerprint density at radius 1 is 1.10 bits per heavy atom. The zero-order chi connectivity index (χ0) is 14.5. The van der Waals surface area contributed by atoms with Crippen molar-refractivity contribution in [1.29, 1.82) is 0 Å². The minimum Gasteiger partial charge on any atom is -0.316 e. The second-order valence-corrected chi connectivity index (χ2v) is 5.20. The van der Waals surface area contributed by atoms with E-state index in [2.05, 4.69) is 5.32 Å². The van der Waals surface area contributed by atoms with Crippen LogP contribution in [0.1, 0.15) is 11.1 Å². The quantitative estimate of drug-likeness (QED) is 0.879. The maximum atomic E-state index is 13.7. The van der Waals surface area contributed by atoms with Crippen molar-refractivity contribution in [3.05, 3.63) is 70.2 Å². The van der Waals surface area contributed by atoms with Gasteiger partial charge in [0.1, 0.15) is 11.6 Å². The van der Waals surface area contributed by atoms with Crippen LogP contribution < -0.4 is 5.32 Å². The van der Waals surface area contributed by atoms with E-state index in [9.17, 15) is 8.78 Å². The van der Waals surface area contributed by atoms with Crippen LogP contribution in [0, 0.1) is 11.6 Å². The zero-order valence-electron chi connectivity index (χ0n) is 11.2. The SMILES string of the molecule is CNC(Cc1cccc(F)c1)Cc1cc(Cl)ccc1F. The fourth-order valence-electron chi connectivity index (χ4n) is 2.19. The minimum absolute atomic E-state index is 0.0183. The Hall–Kier alpha value is -1.45. The molecule has 20 heavy (non-hydrogen) atoms. The summed E-state index contributed by atoms with van der Waals surface area (Å²) in [5.74, 6) is -0.528. The van der Waals surface area contributed by atoms with Gasteiger partial charge in [-0.2, -0.15) is 0 Å². The van der Waals surface area contributed by atoms with Crippen molar-refractivity contribution in [1.82, 2.24) is 5.32 Å². The molecule has 1 atom stereocenters. The second-order valence-electron chi connectivity index (χ2n) is 4.76. The van der Waals surface area contributed by atoms with E-state index in [1.807, 2.05) is 13.1 Å². The average Bonchev–Trinajstić information content (AvgIpc) is 2.42. The van der Waals surface area contributed by atoms with E-state index < -0.39 is 0 Å². The van der Waals surface area contributed by atoms with Crippen LogP contribution in [0.15, 0.2) is 42.5 Å². The van der Waals surface area contributed by atoms with Crippen LogP contribution in [0.25, 0.3) is 0 Å². The number of hydrogen-bond donors (Lipinski definition) is 1. The first-order valence-electron chi connectivity index (χ1n) is 6.44. The van der Waals surface area contributed by atoms with E-state index in [1.54, 1.807) is 12.1 Å². The Bertz CT molecular complexity index is 586. The Labute approximate surface area is 122 Å². The van der Waals surface area contributed by atoms with E-state index in [0.29, 0.717) is 23.4 Å². The van der Waals surface area contributed by atoms with Gasteiger partial charge in [0, 0.05) is 11.1 Å². The summed E-state index contributed by atoms with van der Waals surface area (Å²) >= 11 is 5.89. The zero-order valence-corrected chi connectivity index (χ0v) is 11.9. The lowest BCUT2D eigenvalue weighted by Crippen LogP contribution is -2.30. The number of likely N-dealkylation sites (N-methyl/N-ethyl adjacent to an activating group) is 1. The summed E-state index contributed by atoms with van der Waals surface area (Å²) in [7, 11) is 1.81. The predicted octanol–water partition coefficient (Wildman–Crippen LogP) is 3.99. The highest BCUT2D eigenvalue weighted by Crippen LogP contribution is 2.18. The molecule has 0 amide bonds. The first-order valence-corrected chi connectivity index (χ1v) is 6.82. The van der Waals surface area contributed by atoms with Crippen molar-refractivity contribution in [3.8, 4) is 0 Å². The molecule has 1 N–H and O–H groups in total. The third-order valence-corrected chi connectivity index (χ3v) is 3.49. The molecule has 0 heterocycles. The van der Waals surface area contributed by atoms with Crippen molar-refractivity contribution >= 4 is 11.6 Å². The highest BCUT2D eigenvalue weighted by atomic mass is 35.5. The van der Waals surface area contributed by atoms with Crippen molar-refractivity contribution < 1.29 is 8.78 Å². The molecule has 0 radical (unpaired) electrons. The molecule has 2 aromatic rings. The average molecular weight is 296 g/mol. The summed E-state index contributed by atoms with van der Waals surface area (Å²) in [6, 6.07) is 11.0. The van der Waals surface area contributed by atoms with E-state index in [4.69, 9.17) is 11.6 Å². The molecule has 2 aromatic carbocycles. The van der Waals surface area contributed by atoms with E-state index in [0.717, 1.165) is 5.56 Å². The van der Waals surface area contributed by atoms with Crippen molar-refractivity contribution in [2.75, 3.05) is 7.05 Å². The molecule has 0 fully saturated rings. The Morgan fingerprint density at radius 3 is 2.60 bits per heavy atom. The van der Waals surface area contributed by atoms with Gasteiger partial charge < -0.3 is 5.32 Å². The first kappa shape index (κ1) is 14.9. The number of rotatable bonds is 5. The van der Waals surface area contributed by atoms with Crippen molar-refractivity contribution in [2.24, 2.45) is 0 Å². The molecule has 0 aromatic heterocycles. The number of halogens is 3. The lowest BCUT2D eigenvalue weighted by molar-refractivity contribution is 0.530. The maximum absolute atomic E-state index is 13.7. The molecule has 2 rings (SSSR count). The predicted molar refractivity (Wildman–Crippen MR) is 78.1 cm³/mol. The second kappa shape index (κ2) is 6.82. The van der Waals surface area contributed by atoms with Gasteiger partial charge in [-0.25, -0.2) is 8.78 Å². The van der Waals surface area contributed by atoms with E-state index in [1.165, 1.54) is 24.3 Å². The molecule has 106 valence electrons. The number of nitrogens with one attached hydrogen (secondary N) is 1. The van der Waals surface area contributed by atoms with Crippen LogP contribution in [0.5, 0.6) is 0 Å². The summed E-state index contributed by atoms with van der Waals surface area (Å²) in [5.41, 5.74) is 1.44. The van der Waals surface area contributed by atoms with Gasteiger partial charge in [-0.1, -0.05) is 23.7 Å². The molecule has 0 spiro atoms. The lowest BCUT2D eigenvalue weighted by Gasteiger charge is -2.17. The molecular formula is C16H16ClF2N. The fourth-order valence-corrected chi connectivity index (χ4v) is 2.38. The molecule has 0 saturated carbocycles. The largest absolute Gasteiger partial charge is 0.316 e. The minimum atomic E-state index is -0.270. The summed E-state index contributed by atoms with van der Waals surface area (Å²) < 4.78 is 26.9. The molecular weight excluding hydrogens is 280 g/mol. The van der Waals surface area contributed by atoms with Crippen LogP contribution >= 0.6 is 11.6 Å². The van der Waals surface area contributed by atoms with Gasteiger partial charge in [0.25, 0.3) is 0 Å². The van der Waals surface area contributed by atoms with Crippen molar-refractivity contribution in [3.63, 3.8) is 0 Å². The van der Waals surface area contributed by atoms with Crippen LogP contribution in [0.4, 0.5) is 8.78 Å². The van der Waals surface area contributed by atoms with Gasteiger partial charge >= 0.3 is 0 Å². The van der Waals surface area contributed by atoms with Gasteiger partial charge in [0.2, 0.25) is 0 Å². The van der Waals surface area contributed by atoms with Gasteiger partial charge in [-0.15, -0.1) is 0 Å². The van der Waals surface area contributed by atoms with E-state index in [-0.39, 0.29) is 17.7 Å². The highest BCUT2D eigenvalue weighted by Gasteiger charge is 2.12. The number of hydrogen-bond acceptors (Lipinski definition) is 1. The Balaban J connectivity index is 2.11. The third kappa shape index (κ3) is 4.02. The molecule has 0 saturated heterocycles. The summed E-state index contributed by atoms with van der Waals surface area (Å²) in [4.78, 5) is 0. The maximum Gasteiger partial charge on any atom is 0.126 e. The molecule has 4 heteroatoms. The topological polar surface area (TPSA) is 12.0 Å². The number of benzene rings is 2. The summed E-state index contributed by atoms with van der Waals surface area (Å²) in [6.07, 6.45) is 1.12. The van der Waals surface area contributed by atoms with Crippen LogP contribution in [0.2, 0.25) is 5.02 Å². The molecule has 1 unspecified atom stereocenters. The first-order chi connectivity index (χ1) is 9.58. The molecule has 0 aliphatic heterocycles. The van der Waals surface area contributed by atoms with Gasteiger partial charge in [-0.05, 0) is 61.3 Å². The highest BCUT2D eigenvalue weighted by molar-refractivity contribution is 6.30. The van der Waals surface area contributed by atoms with Gasteiger partial charge in [-0.3, -0.25) is 0 Å². The smallest absolute Gasteiger partial charge is 0.126 e. The van der Waals surface area contributed by atoms with Crippen LogP contribution in [-0.4, -0.2) is 13.1 Å². The Morgan fingerprint density at radius 2 is 1.90 bits per heavy atom. The van der Waals surface area contributed by atoms with Crippen LogP contribution in [-0.2, 0) is 12.8 Å². The molecule has 0 aliphatic rings. The van der Waals surface area contributed by atoms with Gasteiger partial charge in [0.05, 0.1) is 0 Å². The summed E-state index contributed by atoms with van der Waals surface area (Å²) in [5, 5.41) is 3.65.